The van der Waals surface area contributed by atoms with Gasteiger partial charge in [0.15, 0.2) is 0 Å². The van der Waals surface area contributed by atoms with Crippen molar-refractivity contribution in [2.24, 2.45) is 0 Å². The minimum atomic E-state index is 0.795. The Morgan fingerprint density at radius 2 is 2.24 bits per heavy atom. The first-order valence-electron chi connectivity index (χ1n) is 5.77. The van der Waals surface area contributed by atoms with E-state index in [-0.39, 0.29) is 0 Å². The van der Waals surface area contributed by atoms with Crippen molar-refractivity contribution >= 4 is 22.7 Å². The van der Waals surface area contributed by atoms with Gasteiger partial charge in [0.1, 0.15) is 11.3 Å². The number of para-hydroxylation sites is 1. The van der Waals surface area contributed by atoms with Crippen LogP contribution in [0.15, 0.2) is 47.4 Å². The molecule has 2 aromatic rings. The number of thioether (sulfide) groups is 1. The van der Waals surface area contributed by atoms with E-state index in [0.717, 1.165) is 35.9 Å². The van der Waals surface area contributed by atoms with Crippen LogP contribution in [0, 0.1) is 0 Å². The molecule has 17 heavy (non-hydrogen) atoms. The molecule has 0 aliphatic carbocycles. The van der Waals surface area contributed by atoms with Crippen LogP contribution in [-0.4, -0.2) is 18.1 Å². The minimum Gasteiger partial charge on any atom is -0.460 e. The second kappa shape index (κ2) is 6.52. The number of benzene rings is 1. The Labute approximate surface area is 106 Å². The summed E-state index contributed by atoms with van der Waals surface area (Å²) in [5.41, 5.74) is 0.963. The Balaban J connectivity index is 1.77. The molecule has 90 valence electrons. The summed E-state index contributed by atoms with van der Waals surface area (Å²) in [5.74, 6) is 3.12. The molecular formula is C14H17NOS. The van der Waals surface area contributed by atoms with Crippen LogP contribution in [0.25, 0.3) is 11.0 Å². The molecule has 0 aliphatic rings. The zero-order valence-electron chi connectivity index (χ0n) is 9.82. The van der Waals surface area contributed by atoms with Gasteiger partial charge in [-0.15, -0.1) is 6.58 Å². The highest BCUT2D eigenvalue weighted by Gasteiger charge is 2.01. The molecular weight excluding hydrogens is 230 g/mol. The van der Waals surface area contributed by atoms with Crippen LogP contribution in [0.2, 0.25) is 0 Å². The average Bonchev–Trinajstić information content (AvgIpc) is 2.76. The first-order chi connectivity index (χ1) is 8.40. The summed E-state index contributed by atoms with van der Waals surface area (Å²) < 4.78 is 5.71. The molecule has 0 radical (unpaired) electrons. The molecule has 3 heteroatoms. The van der Waals surface area contributed by atoms with Crippen LogP contribution in [0.5, 0.6) is 0 Å². The Morgan fingerprint density at radius 3 is 3.06 bits per heavy atom. The van der Waals surface area contributed by atoms with Gasteiger partial charge in [-0.2, -0.15) is 11.8 Å². The van der Waals surface area contributed by atoms with Crippen molar-refractivity contribution in [1.82, 2.24) is 5.32 Å². The van der Waals surface area contributed by atoms with Gasteiger partial charge in [-0.25, -0.2) is 0 Å². The first kappa shape index (κ1) is 12.3. The summed E-state index contributed by atoms with van der Waals surface area (Å²) in [7, 11) is 0. The van der Waals surface area contributed by atoms with E-state index < -0.39 is 0 Å². The summed E-state index contributed by atoms with van der Waals surface area (Å²) in [6.07, 6.45) is 1.93. The Kier molecular flexibility index (Phi) is 4.71. The van der Waals surface area contributed by atoms with Crippen LogP contribution in [0.3, 0.4) is 0 Å². The fraction of sp³-hybridized carbons (Fsp3) is 0.286. The van der Waals surface area contributed by atoms with E-state index in [2.05, 4.69) is 24.0 Å². The topological polar surface area (TPSA) is 25.2 Å². The lowest BCUT2D eigenvalue weighted by Gasteiger charge is -2.00. The predicted molar refractivity (Wildman–Crippen MR) is 75.4 cm³/mol. The fourth-order valence-electron chi connectivity index (χ4n) is 1.65. The van der Waals surface area contributed by atoms with E-state index in [1.807, 2.05) is 36.0 Å². The fourth-order valence-corrected chi connectivity index (χ4v) is 2.27. The SMILES string of the molecule is C=CCSCCNCc1cc2ccccc2o1. The van der Waals surface area contributed by atoms with Gasteiger partial charge in [-0.1, -0.05) is 24.3 Å². The number of hydrogen-bond acceptors (Lipinski definition) is 3. The molecule has 0 saturated carbocycles. The minimum absolute atomic E-state index is 0.795. The number of hydrogen-bond donors (Lipinski definition) is 1. The van der Waals surface area contributed by atoms with Gasteiger partial charge >= 0.3 is 0 Å². The van der Waals surface area contributed by atoms with Crippen molar-refractivity contribution in [3.05, 3.63) is 48.7 Å². The van der Waals surface area contributed by atoms with Crippen molar-refractivity contribution in [1.29, 1.82) is 0 Å². The third-order valence-electron chi connectivity index (χ3n) is 2.43. The summed E-state index contributed by atoms with van der Waals surface area (Å²) in [6.45, 7) is 5.48. The van der Waals surface area contributed by atoms with Crippen molar-refractivity contribution in [3.63, 3.8) is 0 Å². The van der Waals surface area contributed by atoms with Crippen LogP contribution < -0.4 is 5.32 Å². The third-order valence-corrected chi connectivity index (χ3v) is 3.40. The lowest BCUT2D eigenvalue weighted by Crippen LogP contribution is -2.16. The maximum atomic E-state index is 5.71. The Hall–Kier alpha value is -1.19. The van der Waals surface area contributed by atoms with Gasteiger partial charge in [-0.3, -0.25) is 0 Å². The number of rotatable bonds is 7. The van der Waals surface area contributed by atoms with E-state index in [9.17, 15) is 0 Å². The normalized spacial score (nSPS) is 10.8. The predicted octanol–water partition coefficient (Wildman–Crippen LogP) is 3.44. The van der Waals surface area contributed by atoms with E-state index in [0.29, 0.717) is 0 Å². The van der Waals surface area contributed by atoms with Gasteiger partial charge in [0.05, 0.1) is 6.54 Å². The van der Waals surface area contributed by atoms with E-state index in [1.54, 1.807) is 0 Å². The molecule has 0 amide bonds. The van der Waals surface area contributed by atoms with Crippen LogP contribution in [-0.2, 0) is 6.54 Å². The molecule has 1 heterocycles. The monoisotopic (exact) mass is 247 g/mol. The van der Waals surface area contributed by atoms with Crippen molar-refractivity contribution in [3.8, 4) is 0 Å². The lowest BCUT2D eigenvalue weighted by molar-refractivity contribution is 0.521. The van der Waals surface area contributed by atoms with Gasteiger partial charge in [0.2, 0.25) is 0 Å². The molecule has 0 spiro atoms. The van der Waals surface area contributed by atoms with E-state index >= 15 is 0 Å². The van der Waals surface area contributed by atoms with Crippen molar-refractivity contribution in [2.45, 2.75) is 6.54 Å². The Bertz CT molecular complexity index is 445. The Morgan fingerprint density at radius 1 is 1.35 bits per heavy atom. The maximum absolute atomic E-state index is 5.71. The molecule has 1 aromatic heterocycles. The summed E-state index contributed by atoms with van der Waals surface area (Å²) in [4.78, 5) is 0. The smallest absolute Gasteiger partial charge is 0.134 e. The van der Waals surface area contributed by atoms with Gasteiger partial charge in [-0.05, 0) is 12.1 Å². The molecule has 0 unspecified atom stereocenters. The second-order valence-corrected chi connectivity index (χ2v) is 4.94. The third kappa shape index (κ3) is 3.65. The summed E-state index contributed by atoms with van der Waals surface area (Å²) >= 11 is 1.88. The first-order valence-corrected chi connectivity index (χ1v) is 6.92. The molecule has 0 fully saturated rings. The second-order valence-electron chi connectivity index (χ2n) is 3.79. The zero-order chi connectivity index (χ0) is 11.9. The van der Waals surface area contributed by atoms with Crippen molar-refractivity contribution in [2.75, 3.05) is 18.1 Å². The summed E-state index contributed by atoms with van der Waals surface area (Å²) in [6, 6.07) is 10.2. The quantitative estimate of drug-likeness (QED) is 0.599. The van der Waals surface area contributed by atoms with Gasteiger partial charge < -0.3 is 9.73 Å². The molecule has 0 atom stereocenters. The average molecular weight is 247 g/mol. The molecule has 2 nitrogen and oxygen atoms in total. The number of furan rings is 1. The summed E-state index contributed by atoms with van der Waals surface area (Å²) in [5, 5.41) is 4.54. The number of fused-ring (bicyclic) bond motifs is 1. The standard InChI is InChI=1S/C14H17NOS/c1-2-8-17-9-7-15-11-13-10-12-5-3-4-6-14(12)16-13/h2-6,10,15H,1,7-9,11H2. The molecule has 0 aliphatic heterocycles. The van der Waals surface area contributed by atoms with E-state index in [1.165, 1.54) is 5.39 Å². The van der Waals surface area contributed by atoms with E-state index in [4.69, 9.17) is 4.42 Å². The zero-order valence-corrected chi connectivity index (χ0v) is 10.6. The molecule has 1 aromatic carbocycles. The highest BCUT2D eigenvalue weighted by Crippen LogP contribution is 2.18. The highest BCUT2D eigenvalue weighted by molar-refractivity contribution is 7.99. The number of nitrogens with one attached hydrogen (secondary N) is 1. The molecule has 2 rings (SSSR count). The molecule has 0 bridgehead atoms. The highest BCUT2D eigenvalue weighted by atomic mass is 32.2. The maximum Gasteiger partial charge on any atom is 0.134 e. The van der Waals surface area contributed by atoms with Crippen LogP contribution in [0.4, 0.5) is 0 Å². The largest absolute Gasteiger partial charge is 0.460 e. The van der Waals surface area contributed by atoms with Gasteiger partial charge in [0.25, 0.3) is 0 Å². The molecule has 1 N–H and O–H groups in total. The van der Waals surface area contributed by atoms with Gasteiger partial charge in [0, 0.05) is 23.4 Å². The lowest BCUT2D eigenvalue weighted by atomic mass is 10.2. The van der Waals surface area contributed by atoms with Crippen molar-refractivity contribution < 1.29 is 4.42 Å². The van der Waals surface area contributed by atoms with Crippen LogP contribution in [0.1, 0.15) is 5.76 Å². The molecule has 0 saturated heterocycles. The van der Waals surface area contributed by atoms with Crippen LogP contribution >= 0.6 is 11.8 Å².